The van der Waals surface area contributed by atoms with Gasteiger partial charge >= 0.3 is 0 Å². The van der Waals surface area contributed by atoms with Gasteiger partial charge in [-0.2, -0.15) is 0 Å². The van der Waals surface area contributed by atoms with Gasteiger partial charge in [0, 0.05) is 29.1 Å². The molecule has 0 radical (unpaired) electrons. The molecule has 1 saturated heterocycles. The van der Waals surface area contributed by atoms with Gasteiger partial charge in [0.2, 0.25) is 11.8 Å². The van der Waals surface area contributed by atoms with Crippen LogP contribution in [0.25, 0.3) is 21.9 Å². The van der Waals surface area contributed by atoms with E-state index in [-0.39, 0.29) is 11.8 Å². The van der Waals surface area contributed by atoms with E-state index in [1.165, 1.54) is 0 Å². The summed E-state index contributed by atoms with van der Waals surface area (Å²) in [6.07, 6.45) is 2.49. The molecule has 2 amide bonds. The van der Waals surface area contributed by atoms with Crippen molar-refractivity contribution in [2.45, 2.75) is 18.9 Å². The lowest BCUT2D eigenvalue weighted by atomic mass is 10.1. The van der Waals surface area contributed by atoms with Crippen molar-refractivity contribution in [3.05, 3.63) is 36.5 Å². The minimum Gasteiger partial charge on any atom is -0.398 e. The number of hydrogen-bond donors (Lipinski definition) is 2. The molecular formula is C16H14N4O2. The number of nitrogen functional groups attached to an aromatic ring is 1. The summed E-state index contributed by atoms with van der Waals surface area (Å²) in [5, 5.41) is 4.22. The van der Waals surface area contributed by atoms with E-state index in [9.17, 15) is 9.59 Å². The summed E-state index contributed by atoms with van der Waals surface area (Å²) in [5.74, 6) is -0.516. The first-order valence-electron chi connectivity index (χ1n) is 7.13. The molecule has 1 aliphatic rings. The normalized spacial score (nSPS) is 18.8. The fourth-order valence-electron chi connectivity index (χ4n) is 3.19. The van der Waals surface area contributed by atoms with Gasteiger partial charge in [0.1, 0.15) is 11.7 Å². The zero-order valence-electron chi connectivity index (χ0n) is 11.7. The summed E-state index contributed by atoms with van der Waals surface area (Å²) in [5.41, 5.74) is 8.36. The molecule has 110 valence electrons. The standard InChI is InChI=1S/C16H14N4O2/c17-10-4-1-5-11-14(10)9-3-2-8-18-15(9)20(11)12-6-7-13(21)19-16(12)22/h1-5,8,12H,6-7,17H2,(H,19,21,22). The fourth-order valence-corrected chi connectivity index (χ4v) is 3.19. The summed E-state index contributed by atoms with van der Waals surface area (Å²) in [6, 6.07) is 8.97. The van der Waals surface area contributed by atoms with E-state index >= 15 is 0 Å². The molecule has 0 spiro atoms. The van der Waals surface area contributed by atoms with Crippen LogP contribution in [0.1, 0.15) is 18.9 Å². The molecule has 6 nitrogen and oxygen atoms in total. The molecule has 3 N–H and O–H groups in total. The summed E-state index contributed by atoms with van der Waals surface area (Å²) in [7, 11) is 0. The van der Waals surface area contributed by atoms with Crippen molar-refractivity contribution < 1.29 is 9.59 Å². The highest BCUT2D eigenvalue weighted by atomic mass is 16.2. The minimum atomic E-state index is -0.450. The van der Waals surface area contributed by atoms with Gasteiger partial charge in [-0.05, 0) is 30.7 Å². The highest BCUT2D eigenvalue weighted by Gasteiger charge is 2.31. The Labute approximate surface area is 125 Å². The number of rotatable bonds is 1. The molecule has 3 heterocycles. The molecule has 0 bridgehead atoms. The lowest BCUT2D eigenvalue weighted by Gasteiger charge is -2.23. The summed E-state index contributed by atoms with van der Waals surface area (Å²) < 4.78 is 1.89. The third-order valence-electron chi connectivity index (χ3n) is 4.14. The number of nitrogens with one attached hydrogen (secondary N) is 1. The van der Waals surface area contributed by atoms with Gasteiger partial charge in [-0.25, -0.2) is 4.98 Å². The van der Waals surface area contributed by atoms with Crippen molar-refractivity contribution in [1.82, 2.24) is 14.9 Å². The monoisotopic (exact) mass is 294 g/mol. The average molecular weight is 294 g/mol. The van der Waals surface area contributed by atoms with Crippen LogP contribution in [0.3, 0.4) is 0 Å². The Balaban J connectivity index is 2.05. The zero-order valence-corrected chi connectivity index (χ0v) is 11.7. The van der Waals surface area contributed by atoms with E-state index in [1.54, 1.807) is 6.20 Å². The van der Waals surface area contributed by atoms with Crippen molar-refractivity contribution in [2.24, 2.45) is 0 Å². The number of carbonyl (C=O) groups is 2. The van der Waals surface area contributed by atoms with E-state index in [4.69, 9.17) is 5.73 Å². The van der Waals surface area contributed by atoms with E-state index in [0.717, 1.165) is 16.3 Å². The van der Waals surface area contributed by atoms with Gasteiger partial charge in [-0.3, -0.25) is 14.9 Å². The fraction of sp³-hybridized carbons (Fsp3) is 0.188. The van der Waals surface area contributed by atoms with Gasteiger partial charge in [-0.15, -0.1) is 0 Å². The molecule has 1 unspecified atom stereocenters. The molecule has 2 aromatic heterocycles. The topological polar surface area (TPSA) is 90.0 Å². The first kappa shape index (κ1) is 12.8. The van der Waals surface area contributed by atoms with Crippen molar-refractivity contribution >= 4 is 39.4 Å². The van der Waals surface area contributed by atoms with Gasteiger partial charge in [0.25, 0.3) is 0 Å². The summed E-state index contributed by atoms with van der Waals surface area (Å²) in [6.45, 7) is 0. The number of benzene rings is 1. The van der Waals surface area contributed by atoms with E-state index < -0.39 is 6.04 Å². The predicted molar refractivity (Wildman–Crippen MR) is 83.1 cm³/mol. The van der Waals surface area contributed by atoms with Crippen LogP contribution in [0.15, 0.2) is 36.5 Å². The Morgan fingerprint density at radius 2 is 2.09 bits per heavy atom. The lowest BCUT2D eigenvalue weighted by molar-refractivity contribution is -0.135. The van der Waals surface area contributed by atoms with Gasteiger partial charge in [0.15, 0.2) is 0 Å². The molecule has 6 heteroatoms. The zero-order chi connectivity index (χ0) is 15.3. The highest BCUT2D eigenvalue weighted by molar-refractivity contribution is 6.13. The van der Waals surface area contributed by atoms with Crippen molar-refractivity contribution in [1.29, 1.82) is 0 Å². The van der Waals surface area contributed by atoms with E-state index in [1.807, 2.05) is 34.9 Å². The largest absolute Gasteiger partial charge is 0.398 e. The average Bonchev–Trinajstić information content (AvgIpc) is 2.83. The second-order valence-electron chi connectivity index (χ2n) is 5.45. The second kappa shape index (κ2) is 4.56. The number of aromatic nitrogens is 2. The lowest BCUT2D eigenvalue weighted by Crippen LogP contribution is -2.41. The Morgan fingerprint density at radius 3 is 2.91 bits per heavy atom. The maximum atomic E-state index is 12.3. The number of fused-ring (bicyclic) bond motifs is 3. The Bertz CT molecular complexity index is 928. The molecule has 0 saturated carbocycles. The molecule has 0 aliphatic carbocycles. The highest BCUT2D eigenvalue weighted by Crippen LogP contribution is 2.35. The molecule has 1 aromatic carbocycles. The number of imide groups is 1. The quantitative estimate of drug-likeness (QED) is 0.528. The van der Waals surface area contributed by atoms with Crippen LogP contribution >= 0.6 is 0 Å². The number of nitrogens with two attached hydrogens (primary N) is 1. The number of piperidine rings is 1. The minimum absolute atomic E-state index is 0.227. The first-order valence-corrected chi connectivity index (χ1v) is 7.13. The number of anilines is 1. The maximum absolute atomic E-state index is 12.3. The van der Waals surface area contributed by atoms with Crippen LogP contribution in [-0.4, -0.2) is 21.4 Å². The molecule has 4 rings (SSSR count). The summed E-state index contributed by atoms with van der Waals surface area (Å²) >= 11 is 0. The van der Waals surface area contributed by atoms with Crippen LogP contribution in [-0.2, 0) is 9.59 Å². The predicted octanol–water partition coefficient (Wildman–Crippen LogP) is 1.75. The van der Waals surface area contributed by atoms with Gasteiger partial charge < -0.3 is 10.3 Å². The van der Waals surface area contributed by atoms with Crippen molar-refractivity contribution in [2.75, 3.05) is 5.73 Å². The Kier molecular flexibility index (Phi) is 2.66. The molecule has 22 heavy (non-hydrogen) atoms. The smallest absolute Gasteiger partial charge is 0.249 e. The molecule has 3 aromatic rings. The van der Waals surface area contributed by atoms with E-state index in [2.05, 4.69) is 10.3 Å². The number of nitrogens with zero attached hydrogens (tertiary/aromatic N) is 2. The Hall–Kier alpha value is -2.89. The molecule has 1 aliphatic heterocycles. The van der Waals surface area contributed by atoms with Crippen LogP contribution in [0.2, 0.25) is 0 Å². The van der Waals surface area contributed by atoms with Crippen molar-refractivity contribution in [3.63, 3.8) is 0 Å². The number of pyridine rings is 1. The van der Waals surface area contributed by atoms with Crippen LogP contribution in [0.4, 0.5) is 5.69 Å². The number of amides is 2. The van der Waals surface area contributed by atoms with E-state index in [0.29, 0.717) is 24.2 Å². The molecular weight excluding hydrogens is 280 g/mol. The third kappa shape index (κ3) is 1.70. The number of carbonyl (C=O) groups excluding carboxylic acids is 2. The molecule has 1 fully saturated rings. The second-order valence-corrected chi connectivity index (χ2v) is 5.45. The van der Waals surface area contributed by atoms with Crippen LogP contribution in [0, 0.1) is 0 Å². The summed E-state index contributed by atoms with van der Waals surface area (Å²) in [4.78, 5) is 28.1. The van der Waals surface area contributed by atoms with Crippen molar-refractivity contribution in [3.8, 4) is 0 Å². The Morgan fingerprint density at radius 1 is 1.23 bits per heavy atom. The maximum Gasteiger partial charge on any atom is 0.249 e. The third-order valence-corrected chi connectivity index (χ3v) is 4.14. The van der Waals surface area contributed by atoms with Crippen LogP contribution < -0.4 is 11.1 Å². The van der Waals surface area contributed by atoms with Gasteiger partial charge in [0.05, 0.1) is 5.52 Å². The van der Waals surface area contributed by atoms with Gasteiger partial charge in [-0.1, -0.05) is 6.07 Å². The number of hydrogen-bond acceptors (Lipinski definition) is 4. The SMILES string of the molecule is Nc1cccc2c1c1cccnc1n2C1CCC(=O)NC1=O. The first-order chi connectivity index (χ1) is 10.7. The van der Waals surface area contributed by atoms with Crippen LogP contribution in [0.5, 0.6) is 0 Å². The molecule has 1 atom stereocenters.